The first-order chi connectivity index (χ1) is 26.4. The normalized spacial score (nSPS) is 23.9. The van der Waals surface area contributed by atoms with Crippen molar-refractivity contribution < 1.29 is 63.1 Å². The number of aliphatic hydroxyl groups is 5. The first-order valence-corrected chi connectivity index (χ1v) is 21.2. The van der Waals surface area contributed by atoms with Crippen molar-refractivity contribution in [2.75, 3.05) is 13.2 Å². The number of hydrogen-bond donors (Lipinski definition) is 6. The van der Waals surface area contributed by atoms with Gasteiger partial charge in [-0.15, -0.1) is 0 Å². The van der Waals surface area contributed by atoms with E-state index in [1.807, 2.05) is 24.3 Å². The van der Waals surface area contributed by atoms with E-state index in [4.69, 9.17) is 18.5 Å². The summed E-state index contributed by atoms with van der Waals surface area (Å²) in [6, 6.07) is 0. The third kappa shape index (κ3) is 24.5. The van der Waals surface area contributed by atoms with Crippen LogP contribution in [0.4, 0.5) is 0 Å². The lowest BCUT2D eigenvalue weighted by atomic mass is 9.85. The minimum absolute atomic E-state index is 0.0314. The van der Waals surface area contributed by atoms with E-state index in [0.29, 0.717) is 19.3 Å². The fraction of sp³-hybridized carbons (Fsp3) is 0.659. The number of unbranched alkanes of at least 4 members (excludes halogenated alkanes) is 6. The molecule has 13 nitrogen and oxygen atoms in total. The third-order valence-electron chi connectivity index (χ3n) is 8.53. The van der Waals surface area contributed by atoms with Gasteiger partial charge < -0.3 is 39.9 Å². The van der Waals surface area contributed by atoms with Crippen molar-refractivity contribution >= 4 is 19.8 Å². The molecule has 0 aromatic rings. The SMILES string of the molecule is CC/C=C\C/C=C\C/C=C\C/C=C\CCC(=O)OC(COC(=O)CCCCCCC/C=C\C/C=C\CCC)COP(=O)(O)OC1C(O)C(O)C(O)C(O)C1O. The summed E-state index contributed by atoms with van der Waals surface area (Å²) in [5, 5.41) is 49.9. The molecule has 0 spiro atoms. The molecule has 0 amide bonds. The maximum absolute atomic E-state index is 12.7. The lowest BCUT2D eigenvalue weighted by Gasteiger charge is -2.41. The fourth-order valence-corrected chi connectivity index (χ4v) is 6.31. The van der Waals surface area contributed by atoms with Gasteiger partial charge in [-0.25, -0.2) is 4.57 Å². The molecule has 0 aliphatic heterocycles. The highest BCUT2D eigenvalue weighted by molar-refractivity contribution is 7.47. The van der Waals surface area contributed by atoms with Crippen molar-refractivity contribution in [2.45, 2.75) is 159 Å². The highest BCUT2D eigenvalue weighted by atomic mass is 31.2. The van der Waals surface area contributed by atoms with E-state index in [-0.39, 0.29) is 12.8 Å². The Bertz CT molecular complexity index is 1240. The average Bonchev–Trinajstić information content (AvgIpc) is 3.16. The first kappa shape index (κ1) is 50.3. The van der Waals surface area contributed by atoms with E-state index in [2.05, 4.69) is 62.5 Å². The monoisotopic (exact) mass is 798 g/mol. The summed E-state index contributed by atoms with van der Waals surface area (Å²) in [5.41, 5.74) is 0. The number of aliphatic hydroxyl groups excluding tert-OH is 5. The Labute approximate surface area is 327 Å². The van der Waals surface area contributed by atoms with Crippen LogP contribution >= 0.6 is 7.82 Å². The number of carbonyl (C=O) groups is 2. The van der Waals surface area contributed by atoms with Crippen LogP contribution in [-0.4, -0.2) is 98.3 Å². The summed E-state index contributed by atoms with van der Waals surface area (Å²) in [4.78, 5) is 35.4. The zero-order valence-electron chi connectivity index (χ0n) is 32.7. The zero-order valence-corrected chi connectivity index (χ0v) is 33.6. The topological polar surface area (TPSA) is 210 Å². The second-order valence-electron chi connectivity index (χ2n) is 13.4. The van der Waals surface area contributed by atoms with Gasteiger partial charge in [0.1, 0.15) is 43.2 Å². The van der Waals surface area contributed by atoms with Gasteiger partial charge in [0.2, 0.25) is 0 Å². The Morgan fingerprint density at radius 2 is 1.07 bits per heavy atom. The highest BCUT2D eigenvalue weighted by Crippen LogP contribution is 2.47. The molecule has 0 saturated heterocycles. The van der Waals surface area contributed by atoms with Crippen LogP contribution in [0.25, 0.3) is 0 Å². The average molecular weight is 799 g/mol. The summed E-state index contributed by atoms with van der Waals surface area (Å²) in [6.07, 6.45) is 24.2. The van der Waals surface area contributed by atoms with Gasteiger partial charge in [0, 0.05) is 12.8 Å². The summed E-state index contributed by atoms with van der Waals surface area (Å²) in [6.45, 7) is 3.00. The van der Waals surface area contributed by atoms with Crippen LogP contribution in [0.5, 0.6) is 0 Å². The van der Waals surface area contributed by atoms with Crippen molar-refractivity contribution in [3.63, 3.8) is 0 Å². The number of allylic oxidation sites excluding steroid dienone is 12. The lowest BCUT2D eigenvalue weighted by molar-refractivity contribution is -0.220. The molecule has 0 aromatic heterocycles. The number of phosphoric acid groups is 1. The minimum Gasteiger partial charge on any atom is -0.462 e. The van der Waals surface area contributed by atoms with Crippen molar-refractivity contribution in [3.05, 3.63) is 72.9 Å². The Hall–Kier alpha value is -2.71. The van der Waals surface area contributed by atoms with E-state index in [0.717, 1.165) is 70.6 Å². The largest absolute Gasteiger partial charge is 0.472 e. The molecule has 6 atom stereocenters. The van der Waals surface area contributed by atoms with E-state index >= 15 is 0 Å². The van der Waals surface area contributed by atoms with E-state index < -0.39 is 75.7 Å². The van der Waals surface area contributed by atoms with Gasteiger partial charge in [0.05, 0.1) is 6.61 Å². The summed E-state index contributed by atoms with van der Waals surface area (Å²) < 4.78 is 33.2. The molecule has 0 aromatic carbocycles. The van der Waals surface area contributed by atoms with Gasteiger partial charge in [0.15, 0.2) is 6.10 Å². The second kappa shape index (κ2) is 31.4. The number of ether oxygens (including phenoxy) is 2. The predicted molar refractivity (Wildman–Crippen MR) is 212 cm³/mol. The van der Waals surface area contributed by atoms with Crippen molar-refractivity contribution in [1.29, 1.82) is 0 Å². The van der Waals surface area contributed by atoms with Crippen molar-refractivity contribution in [3.8, 4) is 0 Å². The molecular weight excluding hydrogens is 731 g/mol. The van der Waals surface area contributed by atoms with Crippen LogP contribution in [0.2, 0.25) is 0 Å². The molecule has 0 bridgehead atoms. The molecule has 1 aliphatic carbocycles. The molecule has 1 fully saturated rings. The van der Waals surface area contributed by atoms with Crippen LogP contribution in [0, 0.1) is 0 Å². The van der Waals surface area contributed by atoms with Gasteiger partial charge in [-0.05, 0) is 64.2 Å². The minimum atomic E-state index is -5.14. The third-order valence-corrected chi connectivity index (χ3v) is 9.51. The van der Waals surface area contributed by atoms with Crippen LogP contribution in [0.1, 0.15) is 117 Å². The Kier molecular flexibility index (Phi) is 28.7. The van der Waals surface area contributed by atoms with Crippen LogP contribution in [0.15, 0.2) is 72.9 Å². The Morgan fingerprint density at radius 3 is 1.65 bits per heavy atom. The number of rotatable bonds is 30. The molecule has 314 valence electrons. The second-order valence-corrected chi connectivity index (χ2v) is 14.8. The Morgan fingerprint density at radius 1 is 0.582 bits per heavy atom. The van der Waals surface area contributed by atoms with Gasteiger partial charge in [0.25, 0.3) is 0 Å². The summed E-state index contributed by atoms with van der Waals surface area (Å²) >= 11 is 0. The summed E-state index contributed by atoms with van der Waals surface area (Å²) in [7, 11) is -5.14. The maximum Gasteiger partial charge on any atom is 0.472 e. The molecule has 1 rings (SSSR count). The van der Waals surface area contributed by atoms with Gasteiger partial charge >= 0.3 is 19.8 Å². The zero-order chi connectivity index (χ0) is 40.7. The molecule has 1 saturated carbocycles. The van der Waals surface area contributed by atoms with Crippen molar-refractivity contribution in [1.82, 2.24) is 0 Å². The molecule has 55 heavy (non-hydrogen) atoms. The molecule has 0 radical (unpaired) electrons. The van der Waals surface area contributed by atoms with E-state index in [9.17, 15) is 44.6 Å². The number of hydrogen-bond acceptors (Lipinski definition) is 12. The number of phosphoric ester groups is 1. The highest BCUT2D eigenvalue weighted by Gasteiger charge is 2.51. The first-order valence-electron chi connectivity index (χ1n) is 19.7. The summed E-state index contributed by atoms with van der Waals surface area (Å²) in [5.74, 6) is -1.22. The van der Waals surface area contributed by atoms with E-state index in [1.54, 1.807) is 0 Å². The molecule has 6 unspecified atom stereocenters. The van der Waals surface area contributed by atoms with Gasteiger partial charge in [-0.1, -0.05) is 112 Å². The van der Waals surface area contributed by atoms with Gasteiger partial charge in [-0.2, -0.15) is 0 Å². The standard InChI is InChI=1S/C41H67O13P/c1-3-5-7-9-11-13-15-17-19-21-23-25-27-29-34(42)51-31-33(32-52-55(49,50)54-41-39(47)37(45)36(44)38(46)40(41)48)53-35(43)30-28-26-24-22-20-18-16-14-12-10-8-6-4-2/h6-9,12-15,18,20,24,26,33,36-41,44-48H,3-5,10-11,16-17,19,21-23,25,27-32H2,1-2H3,(H,49,50)/b8-6-,9-7-,14-12-,15-13-,20-18-,26-24-. The molecule has 6 N–H and O–H groups in total. The molecular formula is C41H67O13P. The smallest absolute Gasteiger partial charge is 0.462 e. The number of carbonyl (C=O) groups excluding carboxylic acids is 2. The lowest BCUT2D eigenvalue weighted by Crippen LogP contribution is -2.64. The molecule has 1 aliphatic rings. The van der Waals surface area contributed by atoms with Crippen LogP contribution in [-0.2, 0) is 32.7 Å². The molecule has 14 heteroatoms. The molecule has 0 heterocycles. The fourth-order valence-electron chi connectivity index (χ4n) is 5.34. The van der Waals surface area contributed by atoms with Crippen molar-refractivity contribution in [2.24, 2.45) is 0 Å². The van der Waals surface area contributed by atoms with Gasteiger partial charge in [-0.3, -0.25) is 18.6 Å². The number of esters is 2. The Balaban J connectivity index is 2.60. The quantitative estimate of drug-likeness (QED) is 0.0202. The van der Waals surface area contributed by atoms with E-state index in [1.165, 1.54) is 0 Å². The maximum atomic E-state index is 12.7. The van der Waals surface area contributed by atoms with Crippen LogP contribution < -0.4 is 0 Å². The predicted octanol–water partition coefficient (Wildman–Crippen LogP) is 6.38. The van der Waals surface area contributed by atoms with Crippen LogP contribution in [0.3, 0.4) is 0 Å².